The summed E-state index contributed by atoms with van der Waals surface area (Å²) in [6.45, 7) is 5.03. The highest BCUT2D eigenvalue weighted by atomic mass is 16.5. The Bertz CT molecular complexity index is 513. The van der Waals surface area contributed by atoms with E-state index >= 15 is 0 Å². The van der Waals surface area contributed by atoms with Crippen molar-refractivity contribution in [3.8, 4) is 0 Å². The van der Waals surface area contributed by atoms with Crippen LogP contribution in [0.3, 0.4) is 0 Å². The molecular weight excluding hydrogens is 288 g/mol. The molecule has 1 amide bonds. The van der Waals surface area contributed by atoms with Gasteiger partial charge in [0.05, 0.1) is 0 Å². The van der Waals surface area contributed by atoms with Crippen LogP contribution in [0.2, 0.25) is 0 Å². The summed E-state index contributed by atoms with van der Waals surface area (Å²) in [7, 11) is 0. The Kier molecular flexibility index (Phi) is 5.21. The van der Waals surface area contributed by atoms with E-state index in [0.29, 0.717) is 18.7 Å². The molecule has 4 nitrogen and oxygen atoms in total. The minimum absolute atomic E-state index is 0.255. The number of amides is 1. The van der Waals surface area contributed by atoms with Gasteiger partial charge in [0.1, 0.15) is 6.61 Å². The molecule has 1 aromatic carbocycles. The first-order valence-electron chi connectivity index (χ1n) is 8.85. The summed E-state index contributed by atoms with van der Waals surface area (Å²) in [5.41, 5.74) is 1.01. The van der Waals surface area contributed by atoms with Gasteiger partial charge in [-0.25, -0.2) is 4.79 Å². The molecule has 0 aliphatic heterocycles. The van der Waals surface area contributed by atoms with Gasteiger partial charge in [-0.05, 0) is 43.1 Å². The fraction of sp³-hybridized carbons (Fsp3) is 0.632. The van der Waals surface area contributed by atoms with E-state index < -0.39 is 0 Å². The predicted molar refractivity (Wildman–Crippen MR) is 91.1 cm³/mol. The lowest BCUT2D eigenvalue weighted by molar-refractivity contribution is 0.123. The fourth-order valence-corrected chi connectivity index (χ4v) is 3.71. The van der Waals surface area contributed by atoms with Gasteiger partial charge in [-0.3, -0.25) is 0 Å². The highest BCUT2D eigenvalue weighted by molar-refractivity contribution is 5.67. The number of hydrogen-bond acceptors (Lipinski definition) is 3. The number of carbonyl (C=O) groups excluding carboxylic acids is 1. The molecule has 2 aliphatic carbocycles. The van der Waals surface area contributed by atoms with Crippen LogP contribution in [0.25, 0.3) is 0 Å². The second-order valence-electron chi connectivity index (χ2n) is 7.26. The van der Waals surface area contributed by atoms with E-state index in [9.17, 15) is 4.79 Å². The summed E-state index contributed by atoms with van der Waals surface area (Å²) < 4.78 is 5.26. The number of carbonyl (C=O) groups is 1. The third kappa shape index (κ3) is 4.25. The highest BCUT2D eigenvalue weighted by Crippen LogP contribution is 2.33. The van der Waals surface area contributed by atoms with Crippen LogP contribution in [0.5, 0.6) is 0 Å². The number of rotatable bonds is 5. The van der Waals surface area contributed by atoms with E-state index in [4.69, 9.17) is 4.74 Å². The number of alkyl carbamates (subject to hydrolysis) is 1. The lowest BCUT2D eigenvalue weighted by atomic mass is 9.85. The Morgan fingerprint density at radius 3 is 2.52 bits per heavy atom. The van der Waals surface area contributed by atoms with Crippen molar-refractivity contribution in [1.82, 2.24) is 10.6 Å². The van der Waals surface area contributed by atoms with Gasteiger partial charge in [0.15, 0.2) is 0 Å². The van der Waals surface area contributed by atoms with E-state index in [1.807, 2.05) is 30.3 Å². The highest BCUT2D eigenvalue weighted by Gasteiger charge is 2.36. The van der Waals surface area contributed by atoms with Crippen molar-refractivity contribution in [2.75, 3.05) is 0 Å². The summed E-state index contributed by atoms with van der Waals surface area (Å²) in [6.07, 6.45) is 4.34. The van der Waals surface area contributed by atoms with Crippen molar-refractivity contribution in [2.24, 2.45) is 11.8 Å². The molecule has 3 atom stereocenters. The minimum atomic E-state index is -0.305. The molecule has 2 fully saturated rings. The Labute approximate surface area is 139 Å². The Balaban J connectivity index is 1.31. The van der Waals surface area contributed by atoms with Crippen LogP contribution in [0.4, 0.5) is 4.79 Å². The smallest absolute Gasteiger partial charge is 0.407 e. The van der Waals surface area contributed by atoms with Gasteiger partial charge < -0.3 is 15.4 Å². The molecule has 2 N–H and O–H groups in total. The largest absolute Gasteiger partial charge is 0.445 e. The second-order valence-corrected chi connectivity index (χ2v) is 7.26. The second kappa shape index (κ2) is 7.35. The zero-order valence-corrected chi connectivity index (χ0v) is 14.1. The summed E-state index contributed by atoms with van der Waals surface area (Å²) in [4.78, 5) is 11.8. The van der Waals surface area contributed by atoms with Crippen LogP contribution in [0, 0.1) is 11.8 Å². The standard InChI is InChI=1S/C19H28N2O2/c1-13-8-9-18(14(13)2)20-16-10-17(11-16)21-19(22)23-12-15-6-4-3-5-7-15/h3-7,13-14,16-18,20H,8-12H2,1-2H3,(H,21,22). The zero-order chi connectivity index (χ0) is 16.2. The monoisotopic (exact) mass is 316 g/mol. The van der Waals surface area contributed by atoms with E-state index in [1.54, 1.807) is 0 Å². The zero-order valence-electron chi connectivity index (χ0n) is 14.1. The van der Waals surface area contributed by atoms with Crippen molar-refractivity contribution in [1.29, 1.82) is 0 Å². The molecule has 2 saturated carbocycles. The van der Waals surface area contributed by atoms with E-state index in [1.165, 1.54) is 12.8 Å². The molecule has 3 unspecified atom stereocenters. The molecule has 0 bridgehead atoms. The summed E-state index contributed by atoms with van der Waals surface area (Å²) >= 11 is 0. The quantitative estimate of drug-likeness (QED) is 0.874. The molecule has 0 radical (unpaired) electrons. The third-order valence-electron chi connectivity index (χ3n) is 5.59. The van der Waals surface area contributed by atoms with Crippen LogP contribution in [-0.2, 0) is 11.3 Å². The van der Waals surface area contributed by atoms with E-state index in [0.717, 1.165) is 30.2 Å². The first kappa shape index (κ1) is 16.3. The normalized spacial score (nSPS) is 33.0. The average molecular weight is 316 g/mol. The first-order chi connectivity index (χ1) is 11.1. The van der Waals surface area contributed by atoms with Crippen LogP contribution >= 0.6 is 0 Å². The van der Waals surface area contributed by atoms with Crippen LogP contribution in [0.1, 0.15) is 45.1 Å². The van der Waals surface area contributed by atoms with Crippen LogP contribution in [-0.4, -0.2) is 24.2 Å². The number of ether oxygens (including phenoxy) is 1. The van der Waals surface area contributed by atoms with E-state index in [2.05, 4.69) is 24.5 Å². The van der Waals surface area contributed by atoms with Crippen molar-refractivity contribution >= 4 is 6.09 Å². The summed E-state index contributed by atoms with van der Waals surface area (Å²) in [6, 6.07) is 11.2. The molecule has 23 heavy (non-hydrogen) atoms. The lowest BCUT2D eigenvalue weighted by Gasteiger charge is -2.38. The van der Waals surface area contributed by atoms with Gasteiger partial charge in [-0.2, -0.15) is 0 Å². The average Bonchev–Trinajstić information content (AvgIpc) is 2.84. The van der Waals surface area contributed by atoms with Crippen molar-refractivity contribution in [2.45, 2.75) is 64.3 Å². The molecule has 0 heterocycles. The molecule has 2 aliphatic rings. The number of nitrogens with one attached hydrogen (secondary N) is 2. The molecule has 0 saturated heterocycles. The topological polar surface area (TPSA) is 50.4 Å². The van der Waals surface area contributed by atoms with Crippen molar-refractivity contribution in [3.05, 3.63) is 35.9 Å². The van der Waals surface area contributed by atoms with E-state index in [-0.39, 0.29) is 12.1 Å². The number of benzene rings is 1. The van der Waals surface area contributed by atoms with Gasteiger partial charge in [-0.1, -0.05) is 44.2 Å². The molecule has 0 aromatic heterocycles. The molecule has 3 rings (SSSR count). The molecule has 0 spiro atoms. The van der Waals surface area contributed by atoms with Gasteiger partial charge in [0, 0.05) is 18.1 Å². The molecule has 126 valence electrons. The maximum absolute atomic E-state index is 11.8. The Morgan fingerprint density at radius 1 is 1.13 bits per heavy atom. The predicted octanol–water partition coefficient (Wildman–Crippen LogP) is 3.47. The van der Waals surface area contributed by atoms with Crippen LogP contribution in [0.15, 0.2) is 30.3 Å². The van der Waals surface area contributed by atoms with Gasteiger partial charge in [0.25, 0.3) is 0 Å². The fourth-order valence-electron chi connectivity index (χ4n) is 3.71. The third-order valence-corrected chi connectivity index (χ3v) is 5.59. The summed E-state index contributed by atoms with van der Waals surface area (Å²) in [5.74, 6) is 1.59. The lowest BCUT2D eigenvalue weighted by Crippen LogP contribution is -2.55. The summed E-state index contributed by atoms with van der Waals surface area (Å²) in [5, 5.41) is 6.72. The molecular formula is C19H28N2O2. The SMILES string of the molecule is CC1CCC(NC2CC(NC(=O)OCc3ccccc3)C2)C1C. The number of hydrogen-bond donors (Lipinski definition) is 2. The van der Waals surface area contributed by atoms with Gasteiger partial charge in [0.2, 0.25) is 0 Å². The Morgan fingerprint density at radius 2 is 1.87 bits per heavy atom. The Hall–Kier alpha value is -1.55. The first-order valence-corrected chi connectivity index (χ1v) is 8.85. The molecule has 1 aromatic rings. The maximum atomic E-state index is 11.8. The van der Waals surface area contributed by atoms with Crippen molar-refractivity contribution < 1.29 is 9.53 Å². The van der Waals surface area contributed by atoms with Gasteiger partial charge in [-0.15, -0.1) is 0 Å². The van der Waals surface area contributed by atoms with Crippen LogP contribution < -0.4 is 10.6 Å². The minimum Gasteiger partial charge on any atom is -0.445 e. The van der Waals surface area contributed by atoms with Crippen molar-refractivity contribution in [3.63, 3.8) is 0 Å². The molecule has 4 heteroatoms. The maximum Gasteiger partial charge on any atom is 0.407 e. The van der Waals surface area contributed by atoms with Gasteiger partial charge >= 0.3 is 6.09 Å².